The van der Waals surface area contributed by atoms with E-state index in [1.54, 1.807) is 18.2 Å². The number of carbonyl (C=O) groups is 1. The van der Waals surface area contributed by atoms with E-state index in [2.05, 4.69) is 5.32 Å². The van der Waals surface area contributed by atoms with Crippen LogP contribution in [-0.4, -0.2) is 44.4 Å². The maximum absolute atomic E-state index is 11.0. The number of carbonyl (C=O) groups excluding carboxylic acids is 1. The van der Waals surface area contributed by atoms with E-state index in [0.29, 0.717) is 23.2 Å². The van der Waals surface area contributed by atoms with Crippen molar-refractivity contribution in [3.8, 4) is 17.2 Å². The van der Waals surface area contributed by atoms with E-state index >= 15 is 0 Å². The Morgan fingerprint density at radius 2 is 1.69 bits per heavy atom. The molecule has 0 radical (unpaired) electrons. The van der Waals surface area contributed by atoms with Crippen LogP contribution in [-0.2, 0) is 20.1 Å². The van der Waals surface area contributed by atoms with E-state index in [-0.39, 0.29) is 18.0 Å². The maximum Gasteiger partial charge on any atom is 0.218 e. The third-order valence-electron chi connectivity index (χ3n) is 4.13. The fraction of sp³-hybridized carbons (Fsp3) is 0.316. The van der Waals surface area contributed by atoms with Crippen LogP contribution in [0.3, 0.4) is 0 Å². The molecule has 2 aromatic rings. The zero-order valence-electron chi connectivity index (χ0n) is 14.9. The Kier molecular flexibility index (Phi) is 6.57. The summed E-state index contributed by atoms with van der Waals surface area (Å²) in [6.07, 6.45) is 0.702. The topological polar surface area (TPSA) is 97.2 Å². The minimum atomic E-state index is -1.39. The highest BCUT2D eigenvalue weighted by atomic mass is 16.7. The largest absolute Gasteiger partial charge is 0.508 e. The number of methoxy groups -OCH3 is 3. The standard InChI is InChI=1S/C19H23NO6/c1-24-17-7-5-4-6-16(17)19(25-2,26-3)18(20-8-9-21)13-10-14(22)12-15(23)11-13/h4-7,9-12,18,20,22-23H,8H2,1-3H3. The summed E-state index contributed by atoms with van der Waals surface area (Å²) < 4.78 is 17.0. The van der Waals surface area contributed by atoms with Crippen molar-refractivity contribution in [1.29, 1.82) is 0 Å². The molecule has 1 unspecified atom stereocenters. The van der Waals surface area contributed by atoms with Gasteiger partial charge in [-0.15, -0.1) is 0 Å². The molecule has 0 aliphatic carbocycles. The highest BCUT2D eigenvalue weighted by Gasteiger charge is 2.44. The molecule has 0 fully saturated rings. The number of hydrogen-bond acceptors (Lipinski definition) is 7. The fourth-order valence-corrected chi connectivity index (χ4v) is 3.05. The molecule has 0 saturated carbocycles. The fourth-order valence-electron chi connectivity index (χ4n) is 3.05. The van der Waals surface area contributed by atoms with Crippen LogP contribution >= 0.6 is 0 Å². The van der Waals surface area contributed by atoms with Gasteiger partial charge in [0.25, 0.3) is 0 Å². The van der Waals surface area contributed by atoms with Gasteiger partial charge in [0.1, 0.15) is 23.5 Å². The first-order valence-corrected chi connectivity index (χ1v) is 7.96. The third-order valence-corrected chi connectivity index (χ3v) is 4.13. The van der Waals surface area contributed by atoms with Gasteiger partial charge in [-0.1, -0.05) is 12.1 Å². The van der Waals surface area contributed by atoms with Crippen LogP contribution in [0.25, 0.3) is 0 Å². The molecule has 1 atom stereocenters. The van der Waals surface area contributed by atoms with Gasteiger partial charge >= 0.3 is 0 Å². The summed E-state index contributed by atoms with van der Waals surface area (Å²) >= 11 is 0. The molecule has 0 bridgehead atoms. The Balaban J connectivity index is 2.68. The second kappa shape index (κ2) is 8.66. The van der Waals surface area contributed by atoms with E-state index in [0.717, 1.165) is 0 Å². The van der Waals surface area contributed by atoms with Crippen LogP contribution < -0.4 is 10.1 Å². The minimum absolute atomic E-state index is 0.00467. The molecule has 0 aliphatic heterocycles. The second-order valence-corrected chi connectivity index (χ2v) is 5.57. The Morgan fingerprint density at radius 3 is 2.23 bits per heavy atom. The van der Waals surface area contributed by atoms with Crippen LogP contribution in [0.15, 0.2) is 42.5 Å². The summed E-state index contributed by atoms with van der Waals surface area (Å²) in [6, 6.07) is 10.6. The van der Waals surface area contributed by atoms with Gasteiger partial charge in [-0.3, -0.25) is 5.32 Å². The maximum atomic E-state index is 11.0. The lowest BCUT2D eigenvalue weighted by atomic mass is 9.90. The van der Waals surface area contributed by atoms with Crippen LogP contribution in [0.2, 0.25) is 0 Å². The first-order valence-electron chi connectivity index (χ1n) is 7.96. The molecule has 140 valence electrons. The molecule has 2 aromatic carbocycles. The number of aromatic hydroxyl groups is 2. The Labute approximate surface area is 152 Å². The van der Waals surface area contributed by atoms with Gasteiger partial charge in [0.05, 0.1) is 25.3 Å². The van der Waals surface area contributed by atoms with Crippen molar-refractivity contribution in [2.24, 2.45) is 0 Å². The molecule has 7 nitrogen and oxygen atoms in total. The van der Waals surface area contributed by atoms with E-state index in [1.807, 2.05) is 6.07 Å². The lowest BCUT2D eigenvalue weighted by Crippen LogP contribution is -2.45. The highest BCUT2D eigenvalue weighted by molar-refractivity contribution is 5.52. The average molecular weight is 361 g/mol. The zero-order chi connectivity index (χ0) is 19.2. The first kappa shape index (κ1) is 19.7. The Bertz CT molecular complexity index is 724. The normalized spacial score (nSPS) is 12.6. The summed E-state index contributed by atoms with van der Waals surface area (Å²) in [5, 5.41) is 22.8. The molecule has 3 N–H and O–H groups in total. The molecule has 2 rings (SSSR count). The van der Waals surface area contributed by atoms with Gasteiger partial charge in [0.15, 0.2) is 0 Å². The van der Waals surface area contributed by atoms with E-state index < -0.39 is 11.8 Å². The van der Waals surface area contributed by atoms with Crippen molar-refractivity contribution >= 4 is 6.29 Å². The molecular weight excluding hydrogens is 338 g/mol. The molecular formula is C19H23NO6. The number of hydrogen-bond donors (Lipinski definition) is 3. The lowest BCUT2D eigenvalue weighted by Gasteiger charge is -2.39. The molecule has 0 saturated heterocycles. The number of phenols is 2. The summed E-state index contributed by atoms with van der Waals surface area (Å²) in [4.78, 5) is 11.0. The quantitative estimate of drug-likeness (QED) is 0.465. The SMILES string of the molecule is COc1ccccc1C(OC)(OC)C(NCC=O)c1cc(O)cc(O)c1. The van der Waals surface area contributed by atoms with Crippen molar-refractivity contribution in [2.45, 2.75) is 11.8 Å². The third kappa shape index (κ3) is 3.80. The zero-order valence-corrected chi connectivity index (χ0v) is 14.9. The summed E-state index contributed by atoms with van der Waals surface area (Å²) in [5.74, 6) is -1.12. The number of para-hydroxylation sites is 1. The predicted octanol–water partition coefficient (Wildman–Crippen LogP) is 2.08. The van der Waals surface area contributed by atoms with Crippen molar-refractivity contribution in [2.75, 3.05) is 27.9 Å². The number of benzene rings is 2. The lowest BCUT2D eigenvalue weighted by molar-refractivity contribution is -0.237. The molecule has 0 aromatic heterocycles. The molecule has 26 heavy (non-hydrogen) atoms. The van der Waals surface area contributed by atoms with Gasteiger partial charge in [-0.25, -0.2) is 0 Å². The van der Waals surface area contributed by atoms with Gasteiger partial charge in [0.2, 0.25) is 5.79 Å². The van der Waals surface area contributed by atoms with Crippen LogP contribution in [0.4, 0.5) is 0 Å². The highest BCUT2D eigenvalue weighted by Crippen LogP contribution is 2.44. The van der Waals surface area contributed by atoms with E-state index in [9.17, 15) is 15.0 Å². The average Bonchev–Trinajstić information content (AvgIpc) is 2.64. The Hall–Kier alpha value is -2.61. The number of ether oxygens (including phenoxy) is 3. The van der Waals surface area contributed by atoms with Crippen molar-refractivity contribution < 1.29 is 29.2 Å². The first-order chi connectivity index (χ1) is 12.5. The summed E-state index contributed by atoms with van der Waals surface area (Å²) in [7, 11) is 4.46. The molecule has 0 aliphatic rings. The summed E-state index contributed by atoms with van der Waals surface area (Å²) in [6.45, 7) is 0.00467. The van der Waals surface area contributed by atoms with Crippen LogP contribution in [0.5, 0.6) is 17.2 Å². The van der Waals surface area contributed by atoms with Crippen LogP contribution in [0.1, 0.15) is 17.2 Å². The van der Waals surface area contributed by atoms with E-state index in [1.165, 1.54) is 39.5 Å². The molecule has 0 amide bonds. The number of aldehydes is 1. The van der Waals surface area contributed by atoms with Gasteiger partial charge < -0.3 is 29.2 Å². The minimum Gasteiger partial charge on any atom is -0.508 e. The van der Waals surface area contributed by atoms with Gasteiger partial charge in [-0.2, -0.15) is 0 Å². The van der Waals surface area contributed by atoms with Gasteiger partial charge in [0, 0.05) is 20.3 Å². The van der Waals surface area contributed by atoms with Crippen molar-refractivity contribution in [3.05, 3.63) is 53.6 Å². The molecule has 0 spiro atoms. The van der Waals surface area contributed by atoms with Crippen molar-refractivity contribution in [1.82, 2.24) is 5.32 Å². The second-order valence-electron chi connectivity index (χ2n) is 5.57. The predicted molar refractivity (Wildman–Crippen MR) is 95.3 cm³/mol. The van der Waals surface area contributed by atoms with E-state index in [4.69, 9.17) is 14.2 Å². The van der Waals surface area contributed by atoms with Gasteiger partial charge in [-0.05, 0) is 29.8 Å². The van der Waals surface area contributed by atoms with Crippen LogP contribution in [0, 0.1) is 0 Å². The summed E-state index contributed by atoms with van der Waals surface area (Å²) in [5.41, 5.74) is 1.05. The Morgan fingerprint density at radius 1 is 1.08 bits per heavy atom. The van der Waals surface area contributed by atoms with Crippen molar-refractivity contribution in [3.63, 3.8) is 0 Å². The molecule has 0 heterocycles. The number of phenolic OH excluding ortho intramolecular Hbond substituents is 2. The monoisotopic (exact) mass is 361 g/mol. The number of rotatable bonds is 9. The number of nitrogens with one attached hydrogen (secondary N) is 1. The molecule has 7 heteroatoms. The smallest absolute Gasteiger partial charge is 0.218 e.